The number of nitrogens with zero attached hydrogens (tertiary/aromatic N) is 2. The van der Waals surface area contributed by atoms with Crippen molar-refractivity contribution in [3.63, 3.8) is 0 Å². The Balaban J connectivity index is 2.38. The van der Waals surface area contributed by atoms with Crippen LogP contribution in [0.15, 0.2) is 37.2 Å². The molecule has 0 N–H and O–H groups in total. The number of benzene rings is 1. The standard InChI is InChI=1S/C16H22N2OSi/c1-12(19-20(5,6)16(2,3)4)13-8-7-9-14-15(13)18-11-10-17-14/h7-11H,1H2,2-6H3. The Kier molecular flexibility index (Phi) is 3.69. The lowest BCUT2D eigenvalue weighted by Crippen LogP contribution is -2.40. The fourth-order valence-corrected chi connectivity index (χ4v) is 2.77. The lowest BCUT2D eigenvalue weighted by Gasteiger charge is -2.37. The van der Waals surface area contributed by atoms with Crippen molar-refractivity contribution in [1.82, 2.24) is 9.97 Å². The highest BCUT2D eigenvalue weighted by molar-refractivity contribution is 6.74. The molecule has 3 nitrogen and oxygen atoms in total. The van der Waals surface area contributed by atoms with Gasteiger partial charge in [-0.25, -0.2) is 0 Å². The molecule has 0 bridgehead atoms. The van der Waals surface area contributed by atoms with E-state index in [1.165, 1.54) is 0 Å². The number of para-hydroxylation sites is 1. The minimum atomic E-state index is -1.89. The van der Waals surface area contributed by atoms with E-state index in [9.17, 15) is 0 Å². The third-order valence-corrected chi connectivity index (χ3v) is 8.35. The second kappa shape index (κ2) is 5.02. The van der Waals surface area contributed by atoms with Crippen LogP contribution in [-0.4, -0.2) is 18.3 Å². The zero-order valence-corrected chi connectivity index (χ0v) is 13.9. The van der Waals surface area contributed by atoms with Gasteiger partial charge in [0, 0.05) is 18.0 Å². The molecule has 1 aromatic heterocycles. The fourth-order valence-electron chi connectivity index (χ4n) is 1.73. The summed E-state index contributed by atoms with van der Waals surface area (Å²) in [5.74, 6) is 0.697. The van der Waals surface area contributed by atoms with E-state index in [2.05, 4.69) is 50.4 Å². The normalized spacial score (nSPS) is 12.4. The van der Waals surface area contributed by atoms with Crippen LogP contribution in [0.2, 0.25) is 18.1 Å². The quantitative estimate of drug-likeness (QED) is 0.610. The molecule has 1 aromatic carbocycles. The molecule has 0 saturated carbocycles. The van der Waals surface area contributed by atoms with E-state index in [1.807, 2.05) is 18.2 Å². The molecule has 4 heteroatoms. The number of fused-ring (bicyclic) bond motifs is 1. The van der Waals surface area contributed by atoms with Gasteiger partial charge in [-0.1, -0.05) is 33.4 Å². The highest BCUT2D eigenvalue weighted by Crippen LogP contribution is 2.39. The van der Waals surface area contributed by atoms with E-state index in [1.54, 1.807) is 12.4 Å². The highest BCUT2D eigenvalue weighted by atomic mass is 28.4. The van der Waals surface area contributed by atoms with Crippen LogP contribution in [0.25, 0.3) is 16.8 Å². The van der Waals surface area contributed by atoms with Gasteiger partial charge in [0.25, 0.3) is 0 Å². The lowest BCUT2D eigenvalue weighted by molar-refractivity contribution is 0.459. The molecular formula is C16H22N2OSi. The molecule has 0 radical (unpaired) electrons. The van der Waals surface area contributed by atoms with Crippen LogP contribution in [0.5, 0.6) is 0 Å². The maximum absolute atomic E-state index is 6.27. The van der Waals surface area contributed by atoms with Crippen molar-refractivity contribution in [2.75, 3.05) is 0 Å². The minimum absolute atomic E-state index is 0.145. The molecular weight excluding hydrogens is 264 g/mol. The van der Waals surface area contributed by atoms with Gasteiger partial charge in [0.1, 0.15) is 5.76 Å². The van der Waals surface area contributed by atoms with Crippen LogP contribution in [0.3, 0.4) is 0 Å². The number of aromatic nitrogens is 2. The van der Waals surface area contributed by atoms with Gasteiger partial charge in [0.2, 0.25) is 8.32 Å². The van der Waals surface area contributed by atoms with Crippen molar-refractivity contribution in [3.8, 4) is 0 Å². The lowest BCUT2D eigenvalue weighted by atomic mass is 10.1. The average Bonchev–Trinajstić information content (AvgIpc) is 2.36. The summed E-state index contributed by atoms with van der Waals surface area (Å²) in [6.45, 7) is 15.2. The first-order valence-corrected chi connectivity index (χ1v) is 9.71. The molecule has 0 amide bonds. The van der Waals surface area contributed by atoms with Crippen molar-refractivity contribution in [1.29, 1.82) is 0 Å². The first-order valence-electron chi connectivity index (χ1n) is 6.80. The van der Waals surface area contributed by atoms with Crippen molar-refractivity contribution in [2.24, 2.45) is 0 Å². The van der Waals surface area contributed by atoms with Gasteiger partial charge in [0.15, 0.2) is 0 Å². The Hall–Kier alpha value is -1.68. The van der Waals surface area contributed by atoms with E-state index >= 15 is 0 Å². The molecule has 2 aromatic rings. The van der Waals surface area contributed by atoms with Gasteiger partial charge < -0.3 is 4.43 Å². The molecule has 0 aliphatic rings. The van der Waals surface area contributed by atoms with Gasteiger partial charge in [-0.2, -0.15) is 0 Å². The van der Waals surface area contributed by atoms with Crippen molar-refractivity contribution < 1.29 is 4.43 Å². The van der Waals surface area contributed by atoms with Crippen LogP contribution in [-0.2, 0) is 4.43 Å². The first kappa shape index (κ1) is 14.7. The van der Waals surface area contributed by atoms with Gasteiger partial charge in [0.05, 0.1) is 11.0 Å². The second-order valence-corrected chi connectivity index (χ2v) is 11.2. The third-order valence-electron chi connectivity index (χ3n) is 3.98. The van der Waals surface area contributed by atoms with Gasteiger partial charge in [-0.05, 0) is 30.3 Å². The zero-order chi connectivity index (χ0) is 15.0. The number of hydrogen-bond donors (Lipinski definition) is 0. The Labute approximate surface area is 121 Å². The van der Waals surface area contributed by atoms with E-state index in [0.717, 1.165) is 16.6 Å². The average molecular weight is 286 g/mol. The summed E-state index contributed by atoms with van der Waals surface area (Å²) < 4.78 is 6.27. The molecule has 2 rings (SSSR count). The van der Waals surface area contributed by atoms with Crippen LogP contribution >= 0.6 is 0 Å². The van der Waals surface area contributed by atoms with E-state index < -0.39 is 8.32 Å². The van der Waals surface area contributed by atoms with Crippen LogP contribution in [0.1, 0.15) is 26.3 Å². The second-order valence-electron chi connectivity index (χ2n) is 6.52. The van der Waals surface area contributed by atoms with E-state index in [-0.39, 0.29) is 5.04 Å². The van der Waals surface area contributed by atoms with E-state index in [0.29, 0.717) is 5.76 Å². The minimum Gasteiger partial charge on any atom is -0.543 e. The molecule has 106 valence electrons. The molecule has 0 aliphatic carbocycles. The summed E-state index contributed by atoms with van der Waals surface area (Å²) in [5, 5.41) is 0.145. The fraction of sp³-hybridized carbons (Fsp3) is 0.375. The SMILES string of the molecule is C=C(O[Si](C)(C)C(C)(C)C)c1cccc2nccnc12. The Morgan fingerprint density at radius 1 is 1.15 bits per heavy atom. The number of rotatable bonds is 3. The number of hydrogen-bond acceptors (Lipinski definition) is 3. The molecule has 0 aliphatic heterocycles. The Morgan fingerprint density at radius 3 is 2.45 bits per heavy atom. The summed E-state index contributed by atoms with van der Waals surface area (Å²) in [4.78, 5) is 8.73. The van der Waals surface area contributed by atoms with E-state index in [4.69, 9.17) is 4.43 Å². The first-order chi connectivity index (χ1) is 9.22. The molecule has 0 spiro atoms. The molecule has 0 fully saturated rings. The molecule has 0 atom stereocenters. The maximum atomic E-state index is 6.27. The summed E-state index contributed by atoms with van der Waals surface area (Å²) in [7, 11) is -1.89. The van der Waals surface area contributed by atoms with Crippen molar-refractivity contribution >= 4 is 25.1 Å². The van der Waals surface area contributed by atoms with Crippen LogP contribution in [0, 0.1) is 0 Å². The Bertz CT molecular complexity index is 639. The summed E-state index contributed by atoms with van der Waals surface area (Å²) in [5.41, 5.74) is 2.64. The van der Waals surface area contributed by atoms with Crippen molar-refractivity contribution in [3.05, 3.63) is 42.7 Å². The third kappa shape index (κ3) is 2.75. The maximum Gasteiger partial charge on any atom is 0.250 e. The zero-order valence-electron chi connectivity index (χ0n) is 12.9. The predicted octanol–water partition coefficient (Wildman–Crippen LogP) is 4.62. The predicted molar refractivity (Wildman–Crippen MR) is 86.9 cm³/mol. The van der Waals surface area contributed by atoms with Crippen LogP contribution in [0.4, 0.5) is 0 Å². The van der Waals surface area contributed by atoms with Crippen LogP contribution < -0.4 is 0 Å². The smallest absolute Gasteiger partial charge is 0.250 e. The summed E-state index contributed by atoms with van der Waals surface area (Å²) >= 11 is 0. The molecule has 20 heavy (non-hydrogen) atoms. The van der Waals surface area contributed by atoms with Crippen molar-refractivity contribution in [2.45, 2.75) is 38.9 Å². The molecule has 0 unspecified atom stereocenters. The molecule has 0 saturated heterocycles. The summed E-state index contributed by atoms with van der Waals surface area (Å²) in [6.07, 6.45) is 3.40. The van der Waals surface area contributed by atoms with Gasteiger partial charge in [-0.15, -0.1) is 0 Å². The largest absolute Gasteiger partial charge is 0.543 e. The molecule has 1 heterocycles. The topological polar surface area (TPSA) is 35.0 Å². The van der Waals surface area contributed by atoms with Gasteiger partial charge in [-0.3, -0.25) is 9.97 Å². The monoisotopic (exact) mass is 286 g/mol. The highest BCUT2D eigenvalue weighted by Gasteiger charge is 2.39. The van der Waals surface area contributed by atoms with Gasteiger partial charge >= 0.3 is 0 Å². The Morgan fingerprint density at radius 2 is 1.80 bits per heavy atom. The summed E-state index contributed by atoms with van der Waals surface area (Å²) in [6, 6.07) is 5.91.